The van der Waals surface area contributed by atoms with Crippen LogP contribution < -0.4 is 15.4 Å². The molecule has 1 heterocycles. The predicted molar refractivity (Wildman–Crippen MR) is 96.6 cm³/mol. The zero-order valence-electron chi connectivity index (χ0n) is 14.1. The van der Waals surface area contributed by atoms with Crippen LogP contribution in [0.3, 0.4) is 0 Å². The maximum atomic E-state index is 11.3. The number of aryl methyl sites for hydroxylation is 1. The van der Waals surface area contributed by atoms with Gasteiger partial charge in [0, 0.05) is 37.1 Å². The van der Waals surface area contributed by atoms with Crippen LogP contribution in [-0.4, -0.2) is 51.3 Å². The van der Waals surface area contributed by atoms with Crippen molar-refractivity contribution in [2.24, 2.45) is 4.99 Å². The van der Waals surface area contributed by atoms with Gasteiger partial charge in [0.25, 0.3) is 0 Å². The zero-order valence-corrected chi connectivity index (χ0v) is 15.7. The van der Waals surface area contributed by atoms with Gasteiger partial charge in [0.05, 0.1) is 17.3 Å². The second kappa shape index (κ2) is 10.6. The Morgan fingerprint density at radius 2 is 2.04 bits per heavy atom. The van der Waals surface area contributed by atoms with Crippen molar-refractivity contribution in [2.75, 3.05) is 31.9 Å². The van der Waals surface area contributed by atoms with Crippen LogP contribution in [0.2, 0.25) is 0 Å². The van der Waals surface area contributed by atoms with Gasteiger partial charge in [0.15, 0.2) is 5.96 Å². The molecule has 23 heavy (non-hydrogen) atoms. The highest BCUT2D eigenvalue weighted by molar-refractivity contribution is 7.89. The van der Waals surface area contributed by atoms with Crippen LogP contribution in [0, 0.1) is 0 Å². The number of sulfonamides is 1. The highest BCUT2D eigenvalue weighted by Gasteiger charge is 2.05. The largest absolute Gasteiger partial charge is 0.357 e. The summed E-state index contributed by atoms with van der Waals surface area (Å²) >= 11 is 1.74. The highest BCUT2D eigenvalue weighted by atomic mass is 32.2. The average Bonchev–Trinajstić information content (AvgIpc) is 2.99. The normalized spacial score (nSPS) is 12.4. The first-order valence-electron chi connectivity index (χ1n) is 7.93. The van der Waals surface area contributed by atoms with Crippen LogP contribution in [0.15, 0.2) is 11.2 Å². The van der Waals surface area contributed by atoms with Crippen molar-refractivity contribution in [1.29, 1.82) is 0 Å². The van der Waals surface area contributed by atoms with Gasteiger partial charge in [-0.2, -0.15) is 0 Å². The monoisotopic (exact) mass is 361 g/mol. The lowest BCUT2D eigenvalue weighted by Gasteiger charge is -2.10. The number of guanidine groups is 1. The van der Waals surface area contributed by atoms with E-state index in [0.717, 1.165) is 30.9 Å². The van der Waals surface area contributed by atoms with E-state index in [1.807, 2.05) is 13.1 Å². The third-order valence-corrected chi connectivity index (χ3v) is 5.61. The molecule has 1 rings (SSSR count). The lowest BCUT2D eigenvalue weighted by atomic mass is 10.4. The molecule has 0 atom stereocenters. The minimum Gasteiger partial charge on any atom is -0.357 e. The molecule has 0 unspecified atom stereocenters. The molecular formula is C14H27N5O2S2. The van der Waals surface area contributed by atoms with E-state index in [4.69, 9.17) is 0 Å². The van der Waals surface area contributed by atoms with Crippen LogP contribution in [0.4, 0.5) is 0 Å². The number of hydrogen-bond acceptors (Lipinski definition) is 5. The topological polar surface area (TPSA) is 95.5 Å². The Kier molecular flexibility index (Phi) is 9.12. The molecule has 0 saturated carbocycles. The van der Waals surface area contributed by atoms with E-state index in [1.54, 1.807) is 18.3 Å². The Morgan fingerprint density at radius 1 is 1.26 bits per heavy atom. The summed E-state index contributed by atoms with van der Waals surface area (Å²) in [6.45, 7) is 7.92. The van der Waals surface area contributed by atoms with Crippen molar-refractivity contribution in [3.8, 4) is 0 Å². The molecule has 0 spiro atoms. The highest BCUT2D eigenvalue weighted by Crippen LogP contribution is 2.13. The number of aliphatic imine (C=N–C) groups is 1. The first-order valence-corrected chi connectivity index (χ1v) is 10.4. The molecule has 0 fully saturated rings. The van der Waals surface area contributed by atoms with Gasteiger partial charge in [0.2, 0.25) is 10.0 Å². The number of thiazole rings is 1. The maximum absolute atomic E-state index is 11.3. The molecule has 1 aromatic heterocycles. The fourth-order valence-electron chi connectivity index (χ4n) is 1.73. The Morgan fingerprint density at radius 3 is 2.65 bits per heavy atom. The van der Waals surface area contributed by atoms with Crippen molar-refractivity contribution in [1.82, 2.24) is 20.3 Å². The van der Waals surface area contributed by atoms with Gasteiger partial charge in [-0.25, -0.2) is 18.1 Å². The number of nitrogens with zero attached hydrogens (tertiary/aromatic N) is 2. The number of nitrogens with one attached hydrogen (secondary N) is 3. The third kappa shape index (κ3) is 8.29. The van der Waals surface area contributed by atoms with Crippen LogP contribution in [0.5, 0.6) is 0 Å². The molecular weight excluding hydrogens is 334 g/mol. The Labute approximate surface area is 143 Å². The molecule has 1 aromatic rings. The van der Waals surface area contributed by atoms with Gasteiger partial charge >= 0.3 is 0 Å². The second-order valence-corrected chi connectivity index (χ2v) is 8.10. The fraction of sp³-hybridized carbons (Fsp3) is 0.714. The summed E-state index contributed by atoms with van der Waals surface area (Å²) in [4.78, 5) is 10.0. The third-order valence-electron chi connectivity index (χ3n) is 3.01. The van der Waals surface area contributed by atoms with E-state index in [-0.39, 0.29) is 5.75 Å². The first-order chi connectivity index (χ1) is 11.0. The minimum atomic E-state index is -3.15. The van der Waals surface area contributed by atoms with Crippen molar-refractivity contribution in [3.63, 3.8) is 0 Å². The van der Waals surface area contributed by atoms with Crippen molar-refractivity contribution < 1.29 is 8.42 Å². The van der Waals surface area contributed by atoms with E-state index in [9.17, 15) is 8.42 Å². The van der Waals surface area contributed by atoms with Gasteiger partial charge in [-0.1, -0.05) is 6.92 Å². The molecule has 7 nitrogen and oxygen atoms in total. The molecule has 0 aliphatic rings. The molecule has 0 radical (unpaired) electrons. The molecule has 0 aromatic carbocycles. The van der Waals surface area contributed by atoms with E-state index >= 15 is 0 Å². The Balaban J connectivity index is 2.37. The molecule has 0 aliphatic heterocycles. The summed E-state index contributed by atoms with van der Waals surface area (Å²) in [6.07, 6.45) is 3.79. The van der Waals surface area contributed by atoms with Crippen molar-refractivity contribution in [3.05, 3.63) is 16.1 Å². The number of aromatic nitrogens is 1. The summed E-state index contributed by atoms with van der Waals surface area (Å²) in [5.74, 6) is 0.776. The van der Waals surface area contributed by atoms with Crippen molar-refractivity contribution in [2.45, 2.75) is 33.6 Å². The molecule has 0 bridgehead atoms. The molecule has 3 N–H and O–H groups in total. The van der Waals surface area contributed by atoms with Gasteiger partial charge in [-0.15, -0.1) is 11.3 Å². The quantitative estimate of drug-likeness (QED) is 0.325. The first kappa shape index (κ1) is 19.9. The molecule has 9 heteroatoms. The van der Waals surface area contributed by atoms with Gasteiger partial charge in [-0.3, -0.25) is 4.99 Å². The number of hydrogen-bond donors (Lipinski definition) is 3. The summed E-state index contributed by atoms with van der Waals surface area (Å²) in [5.41, 5.74) is 0. The SMILES string of the molecule is CCNC(=NCCNS(=O)(=O)CC)NCCc1ncc(CC)s1. The molecule has 0 amide bonds. The second-order valence-electron chi connectivity index (χ2n) is 4.81. The molecule has 0 saturated heterocycles. The Hall–Kier alpha value is -1.19. The summed E-state index contributed by atoms with van der Waals surface area (Å²) in [6, 6.07) is 0. The average molecular weight is 362 g/mol. The van der Waals surface area contributed by atoms with Gasteiger partial charge < -0.3 is 10.6 Å². The zero-order chi connectivity index (χ0) is 17.1. The van der Waals surface area contributed by atoms with Crippen LogP contribution in [-0.2, 0) is 22.9 Å². The van der Waals surface area contributed by atoms with Crippen LogP contribution >= 0.6 is 11.3 Å². The summed E-state index contributed by atoms with van der Waals surface area (Å²) in [7, 11) is -3.15. The fourth-order valence-corrected chi connectivity index (χ4v) is 3.20. The minimum absolute atomic E-state index is 0.0859. The van der Waals surface area contributed by atoms with E-state index in [2.05, 4.69) is 32.3 Å². The van der Waals surface area contributed by atoms with E-state index in [0.29, 0.717) is 19.0 Å². The lowest BCUT2D eigenvalue weighted by Crippen LogP contribution is -2.39. The van der Waals surface area contributed by atoms with E-state index < -0.39 is 10.0 Å². The smallest absolute Gasteiger partial charge is 0.211 e. The summed E-state index contributed by atoms with van der Waals surface area (Å²) in [5, 5.41) is 7.49. The standard InChI is InChI=1S/C14H27N5O2S2/c1-4-12-11-18-13(22-12)7-8-16-14(15-5-2)17-9-10-19-23(20,21)6-3/h11,19H,4-10H2,1-3H3,(H2,15,16,17). The molecule has 132 valence electrons. The summed E-state index contributed by atoms with van der Waals surface area (Å²) < 4.78 is 25.2. The van der Waals surface area contributed by atoms with Crippen LogP contribution in [0.25, 0.3) is 0 Å². The van der Waals surface area contributed by atoms with Crippen LogP contribution in [0.1, 0.15) is 30.7 Å². The molecule has 0 aliphatic carbocycles. The Bertz CT molecular complexity index is 584. The van der Waals surface area contributed by atoms with Gasteiger partial charge in [0.1, 0.15) is 0 Å². The predicted octanol–water partition coefficient (Wildman–Crippen LogP) is 0.742. The van der Waals surface area contributed by atoms with E-state index in [1.165, 1.54) is 4.88 Å². The number of rotatable bonds is 10. The maximum Gasteiger partial charge on any atom is 0.211 e. The lowest BCUT2D eigenvalue weighted by molar-refractivity contribution is 0.583. The van der Waals surface area contributed by atoms with Crippen molar-refractivity contribution >= 4 is 27.3 Å². The van der Waals surface area contributed by atoms with Gasteiger partial charge in [-0.05, 0) is 20.3 Å².